The predicted octanol–water partition coefficient (Wildman–Crippen LogP) is 2.91. The first-order valence-electron chi connectivity index (χ1n) is 5.83. The van der Waals surface area contributed by atoms with Crippen LogP contribution in [0.2, 0.25) is 5.15 Å². The van der Waals surface area contributed by atoms with Gasteiger partial charge in [-0.15, -0.1) is 0 Å². The molecule has 0 bridgehead atoms. The lowest BCUT2D eigenvalue weighted by atomic mass is 10.1. The van der Waals surface area contributed by atoms with Gasteiger partial charge in [0.05, 0.1) is 23.9 Å². The summed E-state index contributed by atoms with van der Waals surface area (Å²) in [7, 11) is 1.23. The number of amides is 1. The Balaban J connectivity index is 2.32. The number of nitrogens with zero attached hydrogens (tertiary/aromatic N) is 1. The van der Waals surface area contributed by atoms with Crippen molar-refractivity contribution >= 4 is 29.2 Å². The molecule has 1 N–H and O–H groups in total. The van der Waals surface area contributed by atoms with E-state index >= 15 is 0 Å². The second-order valence-corrected chi connectivity index (χ2v) is 4.31. The number of hydrogen-bond donors (Lipinski definition) is 1. The molecule has 0 fully saturated rings. The second-order valence-electron chi connectivity index (χ2n) is 3.95. The number of benzene rings is 1. The fourth-order valence-electron chi connectivity index (χ4n) is 1.66. The third-order valence-electron chi connectivity index (χ3n) is 2.67. The van der Waals surface area contributed by atoms with E-state index < -0.39 is 22.8 Å². The summed E-state index contributed by atoms with van der Waals surface area (Å²) >= 11 is 5.52. The van der Waals surface area contributed by atoms with E-state index in [9.17, 15) is 14.0 Å². The van der Waals surface area contributed by atoms with Crippen molar-refractivity contribution in [3.63, 3.8) is 0 Å². The Morgan fingerprint density at radius 2 is 1.95 bits per heavy atom. The monoisotopic (exact) mass is 308 g/mol. The molecule has 1 amide bonds. The highest BCUT2D eigenvalue weighted by Crippen LogP contribution is 2.20. The molecule has 1 aromatic carbocycles. The molecule has 5 nitrogen and oxygen atoms in total. The Morgan fingerprint density at radius 1 is 1.24 bits per heavy atom. The van der Waals surface area contributed by atoms with Crippen LogP contribution in [-0.2, 0) is 4.74 Å². The molecule has 2 rings (SSSR count). The molecule has 1 heterocycles. The number of carbonyl (C=O) groups is 2. The summed E-state index contributed by atoms with van der Waals surface area (Å²) in [6, 6.07) is 7.42. The molecule has 2 aromatic rings. The van der Waals surface area contributed by atoms with Gasteiger partial charge >= 0.3 is 5.97 Å². The zero-order valence-electron chi connectivity index (χ0n) is 10.9. The van der Waals surface area contributed by atoms with Crippen molar-refractivity contribution in [3.8, 4) is 0 Å². The fourth-order valence-corrected chi connectivity index (χ4v) is 1.82. The highest BCUT2D eigenvalue weighted by atomic mass is 35.5. The highest BCUT2D eigenvalue weighted by molar-refractivity contribution is 6.30. The van der Waals surface area contributed by atoms with Crippen LogP contribution in [-0.4, -0.2) is 24.0 Å². The van der Waals surface area contributed by atoms with Gasteiger partial charge in [-0.3, -0.25) is 4.79 Å². The van der Waals surface area contributed by atoms with E-state index in [1.165, 1.54) is 31.5 Å². The number of ether oxygens (including phenoxy) is 1. The van der Waals surface area contributed by atoms with Gasteiger partial charge in [0, 0.05) is 6.20 Å². The maximum atomic E-state index is 13.7. The van der Waals surface area contributed by atoms with Crippen LogP contribution in [0.15, 0.2) is 36.5 Å². The first kappa shape index (κ1) is 14.9. The van der Waals surface area contributed by atoms with Gasteiger partial charge in [0.1, 0.15) is 0 Å². The Morgan fingerprint density at radius 3 is 2.67 bits per heavy atom. The van der Waals surface area contributed by atoms with Gasteiger partial charge in [-0.25, -0.2) is 14.2 Å². The quantitative estimate of drug-likeness (QED) is 0.699. The van der Waals surface area contributed by atoms with Crippen molar-refractivity contribution in [1.82, 2.24) is 4.98 Å². The Labute approximate surface area is 124 Å². The minimum atomic E-state index is -0.924. The second kappa shape index (κ2) is 6.32. The van der Waals surface area contributed by atoms with E-state index in [1.807, 2.05) is 0 Å². The number of methoxy groups -OCH3 is 1. The van der Waals surface area contributed by atoms with Gasteiger partial charge in [-0.05, 0) is 18.2 Å². The molecule has 0 aliphatic heterocycles. The molecule has 0 aliphatic rings. The molecule has 0 saturated heterocycles. The molecule has 21 heavy (non-hydrogen) atoms. The van der Waals surface area contributed by atoms with Crippen molar-refractivity contribution in [2.75, 3.05) is 12.4 Å². The van der Waals surface area contributed by atoms with Crippen molar-refractivity contribution in [1.29, 1.82) is 0 Å². The number of para-hydroxylation sites is 1. The van der Waals surface area contributed by atoms with Gasteiger partial charge in [-0.2, -0.15) is 0 Å². The smallest absolute Gasteiger partial charge is 0.339 e. The van der Waals surface area contributed by atoms with E-state index in [-0.39, 0.29) is 16.8 Å². The van der Waals surface area contributed by atoms with Gasteiger partial charge in [0.15, 0.2) is 11.0 Å². The number of carbonyl (C=O) groups excluding carboxylic acids is 2. The molecular weight excluding hydrogens is 299 g/mol. The first-order chi connectivity index (χ1) is 10.0. The Bertz CT molecular complexity index is 706. The molecule has 108 valence electrons. The van der Waals surface area contributed by atoms with Gasteiger partial charge in [-0.1, -0.05) is 23.7 Å². The standard InChI is InChI=1S/C14H10ClFN2O3/c1-21-14(20)8-4-2-3-5-10(8)18-13(19)9-6-7-17-12(15)11(9)16/h2-7H,1H3,(H,18,19). The average molecular weight is 309 g/mol. The number of esters is 1. The molecular formula is C14H10ClFN2O3. The summed E-state index contributed by atoms with van der Waals surface area (Å²) < 4.78 is 18.3. The summed E-state index contributed by atoms with van der Waals surface area (Å²) in [6.45, 7) is 0. The van der Waals surface area contributed by atoms with Crippen LogP contribution in [0.25, 0.3) is 0 Å². The molecule has 0 atom stereocenters. The lowest BCUT2D eigenvalue weighted by Gasteiger charge is -2.10. The number of aromatic nitrogens is 1. The maximum Gasteiger partial charge on any atom is 0.339 e. The molecule has 7 heteroatoms. The highest BCUT2D eigenvalue weighted by Gasteiger charge is 2.18. The van der Waals surface area contributed by atoms with Crippen molar-refractivity contribution in [2.24, 2.45) is 0 Å². The molecule has 0 radical (unpaired) electrons. The average Bonchev–Trinajstić information content (AvgIpc) is 2.49. The molecule has 1 aromatic heterocycles. The topological polar surface area (TPSA) is 68.3 Å². The number of anilines is 1. The number of rotatable bonds is 3. The number of nitrogens with one attached hydrogen (secondary N) is 1. The van der Waals surface area contributed by atoms with Crippen LogP contribution >= 0.6 is 11.6 Å². The van der Waals surface area contributed by atoms with Gasteiger partial charge in [0.2, 0.25) is 0 Å². The summed E-state index contributed by atoms with van der Waals surface area (Å²) in [6.07, 6.45) is 1.21. The zero-order chi connectivity index (χ0) is 15.4. The minimum Gasteiger partial charge on any atom is -0.465 e. The predicted molar refractivity (Wildman–Crippen MR) is 74.9 cm³/mol. The van der Waals surface area contributed by atoms with Crippen LogP contribution in [0.4, 0.5) is 10.1 Å². The third-order valence-corrected chi connectivity index (χ3v) is 2.94. The van der Waals surface area contributed by atoms with E-state index in [4.69, 9.17) is 11.6 Å². The van der Waals surface area contributed by atoms with Gasteiger partial charge in [0.25, 0.3) is 5.91 Å². The largest absolute Gasteiger partial charge is 0.465 e. The third kappa shape index (κ3) is 3.17. The van der Waals surface area contributed by atoms with E-state index in [0.29, 0.717) is 0 Å². The van der Waals surface area contributed by atoms with Crippen LogP contribution < -0.4 is 5.32 Å². The van der Waals surface area contributed by atoms with Crippen molar-refractivity contribution in [3.05, 3.63) is 58.6 Å². The van der Waals surface area contributed by atoms with E-state index in [1.54, 1.807) is 12.1 Å². The molecule has 0 aliphatic carbocycles. The lowest BCUT2D eigenvalue weighted by Crippen LogP contribution is -2.17. The first-order valence-corrected chi connectivity index (χ1v) is 6.21. The van der Waals surface area contributed by atoms with Crippen LogP contribution in [0.5, 0.6) is 0 Å². The molecule has 0 unspecified atom stereocenters. The van der Waals surface area contributed by atoms with Gasteiger partial charge < -0.3 is 10.1 Å². The summed E-state index contributed by atoms with van der Waals surface area (Å²) in [5.41, 5.74) is 0.102. The van der Waals surface area contributed by atoms with Crippen molar-refractivity contribution in [2.45, 2.75) is 0 Å². The van der Waals surface area contributed by atoms with Crippen LogP contribution in [0.1, 0.15) is 20.7 Å². The molecule has 0 saturated carbocycles. The normalized spacial score (nSPS) is 10.0. The van der Waals surface area contributed by atoms with E-state index in [2.05, 4.69) is 15.0 Å². The van der Waals surface area contributed by atoms with Crippen LogP contribution in [0.3, 0.4) is 0 Å². The zero-order valence-corrected chi connectivity index (χ0v) is 11.6. The van der Waals surface area contributed by atoms with Crippen molar-refractivity contribution < 1.29 is 18.7 Å². The summed E-state index contributed by atoms with van der Waals surface area (Å²) in [4.78, 5) is 27.2. The number of pyridine rings is 1. The lowest BCUT2D eigenvalue weighted by molar-refractivity contribution is 0.0602. The Hall–Kier alpha value is -2.47. The Kier molecular flexibility index (Phi) is 4.49. The van der Waals surface area contributed by atoms with E-state index in [0.717, 1.165) is 0 Å². The minimum absolute atomic E-state index is 0.161. The summed E-state index contributed by atoms with van der Waals surface area (Å²) in [5.74, 6) is -2.28. The van der Waals surface area contributed by atoms with Crippen LogP contribution in [0, 0.1) is 5.82 Å². The fraction of sp³-hybridized carbons (Fsp3) is 0.0714. The molecule has 0 spiro atoms. The SMILES string of the molecule is COC(=O)c1ccccc1NC(=O)c1ccnc(Cl)c1F. The maximum absolute atomic E-state index is 13.7. The summed E-state index contributed by atoms with van der Waals surface area (Å²) in [5, 5.41) is 2.04. The number of halogens is 2. The number of hydrogen-bond acceptors (Lipinski definition) is 4.